The Kier molecular flexibility index (Phi) is 5.24. The molecule has 0 atom stereocenters. The minimum absolute atomic E-state index is 0.0383. The largest absolute Gasteiger partial charge is 0.481 e. The molecule has 3 rings (SSSR count). The van der Waals surface area contributed by atoms with Gasteiger partial charge in [0.2, 0.25) is 0 Å². The van der Waals surface area contributed by atoms with E-state index in [1.165, 1.54) is 0 Å². The van der Waals surface area contributed by atoms with Gasteiger partial charge in [-0.1, -0.05) is 42.5 Å². The van der Waals surface area contributed by atoms with E-state index in [0.717, 1.165) is 10.8 Å². The van der Waals surface area contributed by atoms with Gasteiger partial charge in [-0.05, 0) is 52.8 Å². The monoisotopic (exact) mass is 364 g/mol. The molecule has 26 heavy (non-hydrogen) atoms. The molecule has 0 spiro atoms. The van der Waals surface area contributed by atoms with Gasteiger partial charge in [0, 0.05) is 11.3 Å². The maximum absolute atomic E-state index is 12.4. The molecular weight excluding hydrogens is 348 g/mol. The molecule has 1 amide bonds. The lowest BCUT2D eigenvalue weighted by atomic mass is 10.1. The minimum Gasteiger partial charge on any atom is -0.481 e. The number of nitrogens with one attached hydrogen (secondary N) is 2. The molecule has 0 aliphatic heterocycles. The maximum atomic E-state index is 12.4. The topological polar surface area (TPSA) is 78.4 Å². The highest BCUT2D eigenvalue weighted by Gasteiger charge is 2.09. The number of carboxylic acid groups (broad SMARTS) is 1. The molecule has 3 aromatic rings. The summed E-state index contributed by atoms with van der Waals surface area (Å²) in [6.07, 6.45) is -0.0383. The van der Waals surface area contributed by atoms with E-state index in [1.54, 1.807) is 30.3 Å². The van der Waals surface area contributed by atoms with E-state index in [9.17, 15) is 9.59 Å². The molecular formula is C20H16N2O3S. The Morgan fingerprint density at radius 1 is 0.923 bits per heavy atom. The van der Waals surface area contributed by atoms with Crippen LogP contribution in [-0.2, 0) is 11.2 Å². The zero-order chi connectivity index (χ0) is 18.5. The van der Waals surface area contributed by atoms with Crippen molar-refractivity contribution < 1.29 is 14.7 Å². The summed E-state index contributed by atoms with van der Waals surface area (Å²) in [5, 5.41) is 16.5. The number of amides is 1. The number of thiocarbonyl (C=S) groups is 1. The third kappa shape index (κ3) is 4.43. The van der Waals surface area contributed by atoms with Crippen LogP contribution in [0.3, 0.4) is 0 Å². The van der Waals surface area contributed by atoms with Crippen molar-refractivity contribution >= 4 is 45.7 Å². The van der Waals surface area contributed by atoms with Gasteiger partial charge >= 0.3 is 5.97 Å². The van der Waals surface area contributed by atoms with Gasteiger partial charge in [0.15, 0.2) is 5.11 Å². The number of fused-ring (bicyclic) bond motifs is 1. The summed E-state index contributed by atoms with van der Waals surface area (Å²) < 4.78 is 0. The summed E-state index contributed by atoms with van der Waals surface area (Å²) in [5.41, 5.74) is 1.88. The van der Waals surface area contributed by atoms with E-state index >= 15 is 0 Å². The Morgan fingerprint density at radius 2 is 1.62 bits per heavy atom. The smallest absolute Gasteiger partial charge is 0.307 e. The van der Waals surface area contributed by atoms with E-state index in [4.69, 9.17) is 17.3 Å². The van der Waals surface area contributed by atoms with Gasteiger partial charge in [0.25, 0.3) is 5.91 Å². The van der Waals surface area contributed by atoms with Crippen molar-refractivity contribution in [2.75, 3.05) is 5.32 Å². The number of carbonyl (C=O) groups is 2. The Hall–Kier alpha value is -3.25. The average Bonchev–Trinajstić information content (AvgIpc) is 2.62. The Labute approximate surface area is 155 Å². The van der Waals surface area contributed by atoms with Crippen molar-refractivity contribution in [3.8, 4) is 0 Å². The van der Waals surface area contributed by atoms with Gasteiger partial charge in [-0.3, -0.25) is 14.9 Å². The third-order valence-corrected chi connectivity index (χ3v) is 4.01. The highest BCUT2D eigenvalue weighted by Crippen LogP contribution is 2.16. The predicted molar refractivity (Wildman–Crippen MR) is 105 cm³/mol. The quantitative estimate of drug-likeness (QED) is 0.617. The molecule has 3 aromatic carbocycles. The predicted octanol–water partition coefficient (Wildman–Crippen LogP) is 3.59. The molecule has 0 fully saturated rings. The number of anilines is 1. The van der Waals surface area contributed by atoms with Crippen LogP contribution < -0.4 is 10.6 Å². The van der Waals surface area contributed by atoms with E-state index in [-0.39, 0.29) is 17.4 Å². The van der Waals surface area contributed by atoms with Gasteiger partial charge in [-0.2, -0.15) is 0 Å². The fourth-order valence-corrected chi connectivity index (χ4v) is 2.76. The van der Waals surface area contributed by atoms with Gasteiger partial charge < -0.3 is 10.4 Å². The lowest BCUT2D eigenvalue weighted by Crippen LogP contribution is -2.34. The van der Waals surface area contributed by atoms with E-state index in [0.29, 0.717) is 16.8 Å². The molecule has 0 bridgehead atoms. The van der Waals surface area contributed by atoms with Crippen LogP contribution in [0.4, 0.5) is 5.69 Å². The van der Waals surface area contributed by atoms with E-state index in [1.807, 2.05) is 36.4 Å². The summed E-state index contributed by atoms with van der Waals surface area (Å²) in [4.78, 5) is 23.0. The van der Waals surface area contributed by atoms with E-state index in [2.05, 4.69) is 10.6 Å². The number of aliphatic carboxylic acids is 1. The second kappa shape index (κ2) is 7.76. The van der Waals surface area contributed by atoms with Gasteiger partial charge in [0.05, 0.1) is 6.42 Å². The number of hydrogen-bond donors (Lipinski definition) is 3. The van der Waals surface area contributed by atoms with Crippen LogP contribution in [0.1, 0.15) is 15.9 Å². The van der Waals surface area contributed by atoms with Crippen LogP contribution >= 0.6 is 12.2 Å². The highest BCUT2D eigenvalue weighted by molar-refractivity contribution is 7.80. The summed E-state index contributed by atoms with van der Waals surface area (Å²) in [7, 11) is 0. The fourth-order valence-electron chi connectivity index (χ4n) is 2.55. The van der Waals surface area contributed by atoms with Gasteiger partial charge in [-0.25, -0.2) is 0 Å². The minimum atomic E-state index is -0.885. The van der Waals surface area contributed by atoms with Crippen molar-refractivity contribution in [2.24, 2.45) is 0 Å². The Morgan fingerprint density at radius 3 is 2.31 bits per heavy atom. The first-order chi connectivity index (χ1) is 12.5. The van der Waals surface area contributed by atoms with Crippen molar-refractivity contribution in [1.82, 2.24) is 5.32 Å². The van der Waals surface area contributed by atoms with Crippen LogP contribution in [0.25, 0.3) is 10.8 Å². The summed E-state index contributed by atoms with van der Waals surface area (Å²) in [6.45, 7) is 0. The standard InChI is InChI=1S/C20H16N2O3S/c23-18(24)11-13-5-9-17(10-6-13)21-20(26)22-19(25)16-8-7-14-3-1-2-4-15(14)12-16/h1-10,12H,11H2,(H,23,24)(H2,21,22,25,26). The first-order valence-corrected chi connectivity index (χ1v) is 8.34. The van der Waals surface area contributed by atoms with Crippen LogP contribution in [0.5, 0.6) is 0 Å². The SMILES string of the molecule is O=C(O)Cc1ccc(NC(=S)NC(=O)c2ccc3ccccc3c2)cc1. The molecule has 130 valence electrons. The second-order valence-corrected chi connectivity index (χ2v) is 6.15. The summed E-state index contributed by atoms with van der Waals surface area (Å²) in [5.74, 6) is -1.18. The molecule has 0 unspecified atom stereocenters. The molecule has 3 N–H and O–H groups in total. The number of carboxylic acids is 1. The Balaban J connectivity index is 1.63. The normalized spacial score (nSPS) is 10.3. The van der Waals surface area contributed by atoms with Crippen molar-refractivity contribution in [2.45, 2.75) is 6.42 Å². The zero-order valence-corrected chi connectivity index (χ0v) is 14.5. The Bertz CT molecular complexity index is 984. The van der Waals surface area contributed by atoms with Crippen molar-refractivity contribution in [3.05, 3.63) is 77.9 Å². The van der Waals surface area contributed by atoms with Gasteiger partial charge in [-0.15, -0.1) is 0 Å². The number of carbonyl (C=O) groups excluding carboxylic acids is 1. The fraction of sp³-hybridized carbons (Fsp3) is 0.0500. The highest BCUT2D eigenvalue weighted by atomic mass is 32.1. The van der Waals surface area contributed by atoms with E-state index < -0.39 is 5.97 Å². The van der Waals surface area contributed by atoms with Crippen LogP contribution in [0.2, 0.25) is 0 Å². The molecule has 0 aliphatic carbocycles. The van der Waals surface area contributed by atoms with Crippen LogP contribution in [-0.4, -0.2) is 22.1 Å². The first kappa shape index (κ1) is 17.6. The van der Waals surface area contributed by atoms with Crippen LogP contribution in [0, 0.1) is 0 Å². The number of benzene rings is 3. The first-order valence-electron chi connectivity index (χ1n) is 7.93. The molecule has 6 heteroatoms. The molecule has 0 saturated heterocycles. The molecule has 0 radical (unpaired) electrons. The summed E-state index contributed by atoms with van der Waals surface area (Å²) in [6, 6.07) is 20.1. The lowest BCUT2D eigenvalue weighted by molar-refractivity contribution is -0.136. The third-order valence-electron chi connectivity index (χ3n) is 3.81. The zero-order valence-electron chi connectivity index (χ0n) is 13.7. The molecule has 0 heterocycles. The number of rotatable bonds is 4. The van der Waals surface area contributed by atoms with Crippen LogP contribution in [0.15, 0.2) is 66.7 Å². The maximum Gasteiger partial charge on any atom is 0.307 e. The molecule has 0 saturated carbocycles. The molecule has 0 aromatic heterocycles. The van der Waals surface area contributed by atoms with Crippen molar-refractivity contribution in [3.63, 3.8) is 0 Å². The second-order valence-electron chi connectivity index (χ2n) is 5.74. The van der Waals surface area contributed by atoms with Gasteiger partial charge in [0.1, 0.15) is 0 Å². The number of hydrogen-bond acceptors (Lipinski definition) is 3. The molecule has 5 nitrogen and oxygen atoms in total. The summed E-state index contributed by atoms with van der Waals surface area (Å²) >= 11 is 5.17. The average molecular weight is 364 g/mol. The lowest BCUT2D eigenvalue weighted by Gasteiger charge is -2.10. The molecule has 0 aliphatic rings. The van der Waals surface area contributed by atoms with Crippen molar-refractivity contribution in [1.29, 1.82) is 0 Å².